The number of ether oxygens (including phenoxy) is 1. The first-order chi connectivity index (χ1) is 11.6. The van der Waals surface area contributed by atoms with Crippen molar-refractivity contribution in [3.8, 4) is 0 Å². The number of rotatable bonds is 5. The summed E-state index contributed by atoms with van der Waals surface area (Å²) in [7, 11) is 1.92. The molecular formula is C17H21ClN4O2. The van der Waals surface area contributed by atoms with Crippen LogP contribution in [0, 0.1) is 0 Å². The molecule has 0 spiro atoms. The molecule has 24 heavy (non-hydrogen) atoms. The molecule has 1 atom stereocenters. The Hall–Kier alpha value is -1.89. The van der Waals surface area contributed by atoms with Crippen LogP contribution in [0.15, 0.2) is 36.7 Å². The van der Waals surface area contributed by atoms with Crippen molar-refractivity contribution in [1.29, 1.82) is 0 Å². The molecule has 3 rings (SSSR count). The average molecular weight is 349 g/mol. The molecule has 1 N–H and O–H groups in total. The number of aromatic nitrogens is 2. The molecule has 2 aromatic rings. The smallest absolute Gasteiger partial charge is 0.235 e. The minimum atomic E-state index is -0.309. The molecule has 0 bridgehead atoms. The maximum atomic E-state index is 12.5. The van der Waals surface area contributed by atoms with Crippen molar-refractivity contribution in [1.82, 2.24) is 19.8 Å². The van der Waals surface area contributed by atoms with E-state index in [1.807, 2.05) is 42.1 Å². The first-order valence-corrected chi connectivity index (χ1v) is 8.33. The number of hydrogen-bond acceptors (Lipinski definition) is 4. The van der Waals surface area contributed by atoms with Crippen LogP contribution < -0.4 is 5.32 Å². The summed E-state index contributed by atoms with van der Waals surface area (Å²) in [4.78, 5) is 19.0. The van der Waals surface area contributed by atoms with Gasteiger partial charge in [-0.1, -0.05) is 23.7 Å². The number of hydrogen-bond donors (Lipinski definition) is 1. The maximum absolute atomic E-state index is 12.5. The van der Waals surface area contributed by atoms with Gasteiger partial charge in [-0.15, -0.1) is 0 Å². The van der Waals surface area contributed by atoms with Crippen LogP contribution in [0.5, 0.6) is 0 Å². The minimum absolute atomic E-state index is 0.0279. The number of carbonyl (C=O) groups excluding carboxylic acids is 1. The second kappa shape index (κ2) is 7.79. The Bertz CT molecular complexity index is 680. The maximum Gasteiger partial charge on any atom is 0.235 e. The largest absolute Gasteiger partial charge is 0.379 e. The number of nitrogens with zero attached hydrogens (tertiary/aromatic N) is 3. The van der Waals surface area contributed by atoms with E-state index in [1.54, 1.807) is 6.20 Å². The van der Waals surface area contributed by atoms with E-state index in [1.165, 1.54) is 0 Å². The van der Waals surface area contributed by atoms with Crippen molar-refractivity contribution in [3.63, 3.8) is 0 Å². The molecule has 1 aromatic heterocycles. The van der Waals surface area contributed by atoms with Crippen LogP contribution in [0.4, 0.5) is 0 Å². The number of amides is 1. The first kappa shape index (κ1) is 17.0. The number of imidazole rings is 1. The molecule has 0 aliphatic carbocycles. The van der Waals surface area contributed by atoms with Gasteiger partial charge in [0.05, 0.1) is 19.8 Å². The zero-order chi connectivity index (χ0) is 16.9. The van der Waals surface area contributed by atoms with Gasteiger partial charge in [0.1, 0.15) is 11.9 Å². The average Bonchev–Trinajstić information content (AvgIpc) is 3.00. The number of nitrogens with one attached hydrogen (secondary N) is 1. The summed E-state index contributed by atoms with van der Waals surface area (Å²) in [6.45, 7) is 3.27. The van der Waals surface area contributed by atoms with Crippen LogP contribution in [0.3, 0.4) is 0 Å². The second-order valence-corrected chi connectivity index (χ2v) is 6.27. The second-order valence-electron chi connectivity index (χ2n) is 5.84. The fourth-order valence-electron chi connectivity index (χ4n) is 2.78. The molecule has 0 saturated carbocycles. The van der Waals surface area contributed by atoms with Gasteiger partial charge >= 0.3 is 0 Å². The highest BCUT2D eigenvalue weighted by atomic mass is 35.5. The molecule has 128 valence electrons. The predicted molar refractivity (Wildman–Crippen MR) is 91.9 cm³/mol. The molecule has 1 fully saturated rings. The molecule has 1 amide bonds. The summed E-state index contributed by atoms with van der Waals surface area (Å²) in [5.41, 5.74) is 0.948. The third-order valence-electron chi connectivity index (χ3n) is 4.10. The molecule has 6 nitrogen and oxygen atoms in total. The normalized spacial score (nSPS) is 16.8. The van der Waals surface area contributed by atoms with Crippen LogP contribution in [0.1, 0.15) is 17.4 Å². The standard InChI is InChI=1S/C17H21ClN4O2/c1-21-7-6-19-17(21)16(13-2-4-14(18)5-3-13)20-15(23)12-22-8-10-24-11-9-22/h2-7,16H,8-12H2,1H3,(H,20,23). The van der Waals surface area contributed by atoms with Gasteiger partial charge in [0.2, 0.25) is 5.91 Å². The summed E-state index contributed by atoms with van der Waals surface area (Å²) in [6.07, 6.45) is 3.60. The van der Waals surface area contributed by atoms with Crippen LogP contribution in [-0.4, -0.2) is 53.2 Å². The van der Waals surface area contributed by atoms with Crippen LogP contribution in [0.2, 0.25) is 5.02 Å². The summed E-state index contributed by atoms with van der Waals surface area (Å²) < 4.78 is 7.23. The van der Waals surface area contributed by atoms with Crippen LogP contribution in [-0.2, 0) is 16.6 Å². The summed E-state index contributed by atoms with van der Waals surface area (Å²) in [6, 6.07) is 7.16. The van der Waals surface area contributed by atoms with E-state index in [9.17, 15) is 4.79 Å². The Morgan fingerprint density at radius 3 is 2.67 bits per heavy atom. The fourth-order valence-corrected chi connectivity index (χ4v) is 2.90. The fraction of sp³-hybridized carbons (Fsp3) is 0.412. The van der Waals surface area contributed by atoms with E-state index in [2.05, 4.69) is 15.2 Å². The van der Waals surface area contributed by atoms with Gasteiger partial charge in [0.15, 0.2) is 0 Å². The van der Waals surface area contributed by atoms with Crippen molar-refractivity contribution in [2.75, 3.05) is 32.8 Å². The number of aryl methyl sites for hydroxylation is 1. The van der Waals surface area contributed by atoms with Crippen molar-refractivity contribution in [2.24, 2.45) is 7.05 Å². The van der Waals surface area contributed by atoms with Gasteiger partial charge in [0.25, 0.3) is 0 Å². The first-order valence-electron chi connectivity index (χ1n) is 7.95. The van der Waals surface area contributed by atoms with Crippen molar-refractivity contribution < 1.29 is 9.53 Å². The lowest BCUT2D eigenvalue weighted by atomic mass is 10.1. The van der Waals surface area contributed by atoms with E-state index >= 15 is 0 Å². The highest BCUT2D eigenvalue weighted by molar-refractivity contribution is 6.30. The van der Waals surface area contributed by atoms with Gasteiger partial charge in [-0.25, -0.2) is 4.98 Å². The molecule has 0 radical (unpaired) electrons. The van der Waals surface area contributed by atoms with E-state index in [-0.39, 0.29) is 11.9 Å². The molecule has 1 saturated heterocycles. The monoisotopic (exact) mass is 348 g/mol. The van der Waals surface area contributed by atoms with Crippen LogP contribution >= 0.6 is 11.6 Å². The lowest BCUT2D eigenvalue weighted by Gasteiger charge is -2.27. The van der Waals surface area contributed by atoms with E-state index in [0.717, 1.165) is 24.5 Å². The predicted octanol–water partition coefficient (Wildman–Crippen LogP) is 1.61. The third-order valence-corrected chi connectivity index (χ3v) is 4.35. The molecular weight excluding hydrogens is 328 g/mol. The minimum Gasteiger partial charge on any atom is -0.379 e. The molecule has 1 aromatic carbocycles. The Morgan fingerprint density at radius 1 is 1.33 bits per heavy atom. The van der Waals surface area contributed by atoms with Gasteiger partial charge in [0, 0.05) is 37.6 Å². The summed E-state index contributed by atoms with van der Waals surface area (Å²) in [5, 5.41) is 3.76. The molecule has 7 heteroatoms. The quantitative estimate of drug-likeness (QED) is 0.892. The Balaban J connectivity index is 1.76. The highest BCUT2D eigenvalue weighted by Gasteiger charge is 2.22. The number of halogens is 1. The number of morpholine rings is 1. The van der Waals surface area contributed by atoms with E-state index < -0.39 is 0 Å². The van der Waals surface area contributed by atoms with Gasteiger partial charge in [-0.05, 0) is 17.7 Å². The molecule has 2 heterocycles. The third kappa shape index (κ3) is 4.14. The molecule has 1 aliphatic rings. The van der Waals surface area contributed by atoms with Gasteiger partial charge in [-0.3, -0.25) is 9.69 Å². The SMILES string of the molecule is Cn1ccnc1C(NC(=O)CN1CCOCC1)c1ccc(Cl)cc1. The van der Waals surface area contributed by atoms with Crippen molar-refractivity contribution in [3.05, 3.63) is 53.1 Å². The lowest BCUT2D eigenvalue weighted by molar-refractivity contribution is -0.123. The van der Waals surface area contributed by atoms with E-state index in [4.69, 9.17) is 16.3 Å². The number of benzene rings is 1. The molecule has 1 unspecified atom stereocenters. The number of carbonyl (C=O) groups is 1. The van der Waals surface area contributed by atoms with Gasteiger partial charge < -0.3 is 14.6 Å². The van der Waals surface area contributed by atoms with Gasteiger partial charge in [-0.2, -0.15) is 0 Å². The zero-order valence-corrected chi connectivity index (χ0v) is 14.4. The summed E-state index contributed by atoms with van der Waals surface area (Å²) >= 11 is 5.98. The Labute approximate surface area is 146 Å². The highest BCUT2D eigenvalue weighted by Crippen LogP contribution is 2.22. The van der Waals surface area contributed by atoms with Crippen molar-refractivity contribution >= 4 is 17.5 Å². The Kier molecular flexibility index (Phi) is 5.50. The van der Waals surface area contributed by atoms with E-state index in [0.29, 0.717) is 24.8 Å². The summed E-state index contributed by atoms with van der Waals surface area (Å²) in [5.74, 6) is 0.757. The van der Waals surface area contributed by atoms with Crippen molar-refractivity contribution in [2.45, 2.75) is 6.04 Å². The topological polar surface area (TPSA) is 59.4 Å². The molecule has 1 aliphatic heterocycles. The zero-order valence-electron chi connectivity index (χ0n) is 13.6. The Morgan fingerprint density at radius 2 is 2.04 bits per heavy atom. The lowest BCUT2D eigenvalue weighted by Crippen LogP contribution is -2.44. The van der Waals surface area contributed by atoms with Crippen LogP contribution in [0.25, 0.3) is 0 Å².